The highest BCUT2D eigenvalue weighted by atomic mass is 32.1. The normalized spacial score (nSPS) is 16.9. The Kier molecular flexibility index (Phi) is 6.34. The summed E-state index contributed by atoms with van der Waals surface area (Å²) in [5.41, 5.74) is 2.80. The zero-order valence-corrected chi connectivity index (χ0v) is 17.6. The van der Waals surface area contributed by atoms with Gasteiger partial charge in [0.05, 0.1) is 18.7 Å². The van der Waals surface area contributed by atoms with Crippen molar-refractivity contribution in [2.75, 3.05) is 25.5 Å². The maximum absolute atomic E-state index is 12.7. The third-order valence-electron chi connectivity index (χ3n) is 4.96. The molecule has 28 heavy (non-hydrogen) atoms. The van der Waals surface area contributed by atoms with Crippen LogP contribution in [0, 0.1) is 18.8 Å². The van der Waals surface area contributed by atoms with E-state index in [-0.39, 0.29) is 23.7 Å². The molecule has 0 saturated carbocycles. The van der Waals surface area contributed by atoms with E-state index in [1.807, 2.05) is 49.3 Å². The fourth-order valence-electron chi connectivity index (χ4n) is 3.44. The van der Waals surface area contributed by atoms with Crippen LogP contribution >= 0.6 is 11.3 Å². The van der Waals surface area contributed by atoms with E-state index in [1.54, 1.807) is 7.11 Å². The summed E-state index contributed by atoms with van der Waals surface area (Å²) in [5.74, 6) is 0.549. The minimum atomic E-state index is -0.197. The number of anilines is 1. The second kappa shape index (κ2) is 8.73. The number of hydrogen-bond acceptors (Lipinski definition) is 5. The Morgan fingerprint density at radius 1 is 1.36 bits per heavy atom. The van der Waals surface area contributed by atoms with Crippen molar-refractivity contribution >= 4 is 28.3 Å². The maximum Gasteiger partial charge on any atom is 0.231 e. The fourth-order valence-corrected chi connectivity index (χ4v) is 4.15. The van der Waals surface area contributed by atoms with Crippen molar-refractivity contribution in [3.05, 3.63) is 29.1 Å². The highest BCUT2D eigenvalue weighted by molar-refractivity contribution is 7.14. The average Bonchev–Trinajstić information content (AvgIpc) is 3.15. The molecule has 0 unspecified atom stereocenters. The third kappa shape index (κ3) is 4.52. The van der Waals surface area contributed by atoms with Crippen molar-refractivity contribution < 1.29 is 14.3 Å². The molecule has 1 atom stereocenters. The third-order valence-corrected chi connectivity index (χ3v) is 5.72. The van der Waals surface area contributed by atoms with Crippen LogP contribution in [0.4, 0.5) is 5.13 Å². The Labute approximate surface area is 169 Å². The van der Waals surface area contributed by atoms with Gasteiger partial charge in [0.2, 0.25) is 11.8 Å². The first kappa shape index (κ1) is 20.3. The average molecular weight is 402 g/mol. The van der Waals surface area contributed by atoms with E-state index < -0.39 is 0 Å². The van der Waals surface area contributed by atoms with Gasteiger partial charge in [-0.05, 0) is 31.9 Å². The van der Waals surface area contributed by atoms with Crippen LogP contribution in [0.25, 0.3) is 11.3 Å². The molecule has 1 aliphatic heterocycles. The van der Waals surface area contributed by atoms with Gasteiger partial charge in [-0.25, -0.2) is 4.98 Å². The number of methoxy groups -OCH3 is 1. The molecule has 0 radical (unpaired) electrons. The van der Waals surface area contributed by atoms with Crippen LogP contribution in [-0.4, -0.2) is 41.9 Å². The number of ether oxygens (including phenoxy) is 1. The standard InChI is InChI=1S/C21H27N3O3S/c1-13(2)20(26)24-9-5-6-15(11-24)19(25)23-21-22-17(12-28-21)16-10-14(3)7-8-18(16)27-4/h7-8,10,12-13,15H,5-6,9,11H2,1-4H3,(H,22,23,25)/t15-/m1/s1. The Bertz CT molecular complexity index is 862. The van der Waals surface area contributed by atoms with Crippen molar-refractivity contribution in [3.63, 3.8) is 0 Å². The minimum absolute atomic E-state index is 0.0485. The van der Waals surface area contributed by atoms with E-state index >= 15 is 0 Å². The zero-order chi connectivity index (χ0) is 20.3. The Balaban J connectivity index is 1.69. The van der Waals surface area contributed by atoms with Crippen LogP contribution in [0.2, 0.25) is 0 Å². The molecule has 1 N–H and O–H groups in total. The van der Waals surface area contributed by atoms with E-state index in [0.717, 1.165) is 42.0 Å². The quantitative estimate of drug-likeness (QED) is 0.823. The van der Waals surface area contributed by atoms with Crippen LogP contribution < -0.4 is 10.1 Å². The molecule has 0 bridgehead atoms. The van der Waals surface area contributed by atoms with Crippen molar-refractivity contribution in [3.8, 4) is 17.0 Å². The van der Waals surface area contributed by atoms with Gasteiger partial charge in [-0.1, -0.05) is 25.5 Å². The molecule has 1 aliphatic rings. The molecule has 1 saturated heterocycles. The number of amides is 2. The van der Waals surface area contributed by atoms with Crippen LogP contribution in [0.5, 0.6) is 5.75 Å². The molecule has 7 heteroatoms. The number of rotatable bonds is 5. The molecule has 3 rings (SSSR count). The Morgan fingerprint density at radius 3 is 2.86 bits per heavy atom. The number of aromatic nitrogens is 1. The van der Waals surface area contributed by atoms with Crippen LogP contribution in [0.3, 0.4) is 0 Å². The van der Waals surface area contributed by atoms with Gasteiger partial charge in [0.25, 0.3) is 0 Å². The maximum atomic E-state index is 12.7. The smallest absolute Gasteiger partial charge is 0.231 e. The van der Waals surface area contributed by atoms with E-state index in [1.165, 1.54) is 11.3 Å². The van der Waals surface area contributed by atoms with E-state index in [0.29, 0.717) is 11.7 Å². The molecular weight excluding hydrogens is 374 g/mol. The van der Waals surface area contributed by atoms with Gasteiger partial charge in [-0.3, -0.25) is 9.59 Å². The second-order valence-corrected chi connectivity index (χ2v) is 8.37. The lowest BCUT2D eigenvalue weighted by atomic mass is 9.96. The SMILES string of the molecule is COc1ccc(C)cc1-c1csc(NC(=O)[C@@H]2CCCN(C(=O)C(C)C)C2)n1. The summed E-state index contributed by atoms with van der Waals surface area (Å²) in [7, 11) is 1.64. The molecule has 2 heterocycles. The number of benzene rings is 1. The van der Waals surface area contributed by atoms with E-state index in [4.69, 9.17) is 4.74 Å². The highest BCUT2D eigenvalue weighted by Gasteiger charge is 2.29. The van der Waals surface area contributed by atoms with Crippen LogP contribution in [0.1, 0.15) is 32.3 Å². The van der Waals surface area contributed by atoms with Crippen LogP contribution in [-0.2, 0) is 9.59 Å². The number of carbonyl (C=O) groups is 2. The van der Waals surface area contributed by atoms with Gasteiger partial charge in [0.1, 0.15) is 5.75 Å². The summed E-state index contributed by atoms with van der Waals surface area (Å²) >= 11 is 1.39. The first-order chi connectivity index (χ1) is 13.4. The van der Waals surface area contributed by atoms with Gasteiger partial charge in [-0.2, -0.15) is 0 Å². The lowest BCUT2D eigenvalue weighted by Gasteiger charge is -2.33. The summed E-state index contributed by atoms with van der Waals surface area (Å²) in [6, 6.07) is 5.94. The van der Waals surface area contributed by atoms with Gasteiger partial charge >= 0.3 is 0 Å². The lowest BCUT2D eigenvalue weighted by Crippen LogP contribution is -2.45. The van der Waals surface area contributed by atoms with Crippen molar-refractivity contribution in [1.29, 1.82) is 0 Å². The molecule has 1 fully saturated rings. The predicted molar refractivity (Wildman–Crippen MR) is 112 cm³/mol. The number of hydrogen-bond donors (Lipinski definition) is 1. The van der Waals surface area contributed by atoms with E-state index in [2.05, 4.69) is 10.3 Å². The van der Waals surface area contributed by atoms with Crippen LogP contribution in [0.15, 0.2) is 23.6 Å². The molecule has 0 aliphatic carbocycles. The van der Waals surface area contributed by atoms with Gasteiger partial charge in [0, 0.05) is 30.0 Å². The number of nitrogens with one attached hydrogen (secondary N) is 1. The molecule has 1 aromatic carbocycles. The first-order valence-corrected chi connectivity index (χ1v) is 10.5. The second-order valence-electron chi connectivity index (χ2n) is 7.51. The van der Waals surface area contributed by atoms with Gasteiger partial charge < -0.3 is 15.0 Å². The number of aryl methyl sites for hydroxylation is 1. The minimum Gasteiger partial charge on any atom is -0.496 e. The molecular formula is C21H27N3O3S. The highest BCUT2D eigenvalue weighted by Crippen LogP contribution is 2.33. The number of carbonyl (C=O) groups excluding carboxylic acids is 2. The summed E-state index contributed by atoms with van der Waals surface area (Å²) in [4.78, 5) is 31.3. The Morgan fingerprint density at radius 2 is 2.14 bits per heavy atom. The molecule has 6 nitrogen and oxygen atoms in total. The van der Waals surface area contributed by atoms with Gasteiger partial charge in [-0.15, -0.1) is 11.3 Å². The summed E-state index contributed by atoms with van der Waals surface area (Å²) in [5, 5.41) is 5.42. The molecule has 150 valence electrons. The Hall–Kier alpha value is -2.41. The van der Waals surface area contributed by atoms with Crippen molar-refractivity contribution in [1.82, 2.24) is 9.88 Å². The van der Waals surface area contributed by atoms with E-state index in [9.17, 15) is 9.59 Å². The zero-order valence-electron chi connectivity index (χ0n) is 16.8. The molecule has 0 spiro atoms. The van der Waals surface area contributed by atoms with Crippen molar-refractivity contribution in [2.24, 2.45) is 11.8 Å². The number of thiazole rings is 1. The largest absolute Gasteiger partial charge is 0.496 e. The predicted octanol–water partition coefficient (Wildman–Crippen LogP) is 3.96. The summed E-state index contributed by atoms with van der Waals surface area (Å²) in [6.45, 7) is 7.01. The molecule has 1 aromatic heterocycles. The summed E-state index contributed by atoms with van der Waals surface area (Å²) in [6.07, 6.45) is 1.64. The lowest BCUT2D eigenvalue weighted by molar-refractivity contribution is -0.137. The number of piperidine rings is 1. The fraction of sp³-hybridized carbons (Fsp3) is 0.476. The van der Waals surface area contributed by atoms with Gasteiger partial charge in [0.15, 0.2) is 5.13 Å². The number of nitrogens with zero attached hydrogens (tertiary/aromatic N) is 2. The first-order valence-electron chi connectivity index (χ1n) is 9.59. The molecule has 2 aromatic rings. The topological polar surface area (TPSA) is 71.5 Å². The van der Waals surface area contributed by atoms with Crippen molar-refractivity contribution in [2.45, 2.75) is 33.6 Å². The number of likely N-dealkylation sites (tertiary alicyclic amines) is 1. The molecule has 2 amide bonds. The summed E-state index contributed by atoms with van der Waals surface area (Å²) < 4.78 is 5.43. The monoisotopic (exact) mass is 401 g/mol.